The van der Waals surface area contributed by atoms with Crippen LogP contribution in [0.1, 0.15) is 26.5 Å². The molecule has 0 aliphatic carbocycles. The van der Waals surface area contributed by atoms with Crippen molar-refractivity contribution in [1.82, 2.24) is 4.73 Å². The molecule has 0 saturated carbocycles. The number of hydrogen-bond acceptors (Lipinski definition) is 5. The molecular formula is C13H18N2O5. The predicted molar refractivity (Wildman–Crippen MR) is 69.1 cm³/mol. The van der Waals surface area contributed by atoms with E-state index in [0.717, 1.165) is 4.73 Å². The molecule has 1 aromatic rings. The summed E-state index contributed by atoms with van der Waals surface area (Å²) in [6.45, 7) is 6.23. The first-order chi connectivity index (χ1) is 9.19. The van der Waals surface area contributed by atoms with Crippen LogP contribution in [0.15, 0.2) is 23.2 Å². The molecule has 1 rings (SSSR count). The molecule has 7 heteroatoms. The van der Waals surface area contributed by atoms with Gasteiger partial charge in [0.15, 0.2) is 12.1 Å². The minimum Gasteiger partial charge on any atom is -0.457 e. The van der Waals surface area contributed by atoms with Crippen molar-refractivity contribution in [2.45, 2.75) is 33.3 Å². The summed E-state index contributed by atoms with van der Waals surface area (Å²) in [4.78, 5) is 26.3. The second-order valence-corrected chi connectivity index (χ2v) is 5.09. The minimum absolute atomic E-state index is 0.0131. The summed E-state index contributed by atoms with van der Waals surface area (Å²) >= 11 is 0. The SMILES string of the molecule is Cc1cccc(=NC(=O)OCC(=O)OC(C)(C)C)n1O. The maximum atomic E-state index is 11.4. The maximum Gasteiger partial charge on any atom is 0.436 e. The van der Waals surface area contributed by atoms with Gasteiger partial charge >= 0.3 is 12.1 Å². The molecular weight excluding hydrogens is 264 g/mol. The molecule has 1 heterocycles. The lowest BCUT2D eigenvalue weighted by molar-refractivity contribution is -0.158. The lowest BCUT2D eigenvalue weighted by atomic mass is 10.2. The van der Waals surface area contributed by atoms with Crippen molar-refractivity contribution >= 4 is 12.1 Å². The number of aryl methyl sites for hydroxylation is 1. The monoisotopic (exact) mass is 282 g/mol. The molecule has 0 unspecified atom stereocenters. The third-order valence-corrected chi connectivity index (χ3v) is 2.07. The molecule has 110 valence electrons. The molecule has 0 fully saturated rings. The van der Waals surface area contributed by atoms with E-state index in [2.05, 4.69) is 9.73 Å². The van der Waals surface area contributed by atoms with Crippen molar-refractivity contribution in [2.75, 3.05) is 6.61 Å². The first kappa shape index (κ1) is 15.7. The number of ether oxygens (including phenoxy) is 2. The molecule has 0 spiro atoms. The summed E-state index contributed by atoms with van der Waals surface area (Å²) in [5.41, 5.74) is -0.129. The van der Waals surface area contributed by atoms with Gasteiger partial charge in [0.25, 0.3) is 0 Å². The van der Waals surface area contributed by atoms with Crippen LogP contribution in [0.25, 0.3) is 0 Å². The van der Waals surface area contributed by atoms with Crippen molar-refractivity contribution in [3.63, 3.8) is 0 Å². The zero-order valence-corrected chi connectivity index (χ0v) is 11.9. The molecule has 1 aromatic heterocycles. The van der Waals surface area contributed by atoms with Gasteiger partial charge in [0.05, 0.1) is 5.69 Å². The summed E-state index contributed by atoms with van der Waals surface area (Å²) in [7, 11) is 0. The van der Waals surface area contributed by atoms with E-state index < -0.39 is 24.3 Å². The largest absolute Gasteiger partial charge is 0.457 e. The molecule has 0 bridgehead atoms. The van der Waals surface area contributed by atoms with Gasteiger partial charge in [0.1, 0.15) is 5.60 Å². The van der Waals surface area contributed by atoms with Gasteiger partial charge in [-0.05, 0) is 39.8 Å². The fourth-order valence-electron chi connectivity index (χ4n) is 1.30. The Morgan fingerprint density at radius 3 is 2.60 bits per heavy atom. The topological polar surface area (TPSA) is 90.1 Å². The summed E-state index contributed by atoms with van der Waals surface area (Å²) in [5.74, 6) is -0.665. The van der Waals surface area contributed by atoms with Crippen molar-refractivity contribution in [1.29, 1.82) is 0 Å². The quantitative estimate of drug-likeness (QED) is 0.654. The fraction of sp³-hybridized carbons (Fsp3) is 0.462. The zero-order chi connectivity index (χ0) is 15.3. The Kier molecular flexibility index (Phi) is 4.90. The van der Waals surface area contributed by atoms with Gasteiger partial charge in [-0.15, -0.1) is 0 Å². The van der Waals surface area contributed by atoms with Crippen LogP contribution < -0.4 is 5.49 Å². The number of carbonyl (C=O) groups excluding carboxylic acids is 2. The highest BCUT2D eigenvalue weighted by molar-refractivity contribution is 5.76. The number of hydrogen-bond donors (Lipinski definition) is 1. The third kappa shape index (κ3) is 5.13. The van der Waals surface area contributed by atoms with Gasteiger partial charge < -0.3 is 14.7 Å². The van der Waals surface area contributed by atoms with Crippen molar-refractivity contribution in [3.05, 3.63) is 29.4 Å². The van der Waals surface area contributed by atoms with E-state index in [-0.39, 0.29) is 5.49 Å². The van der Waals surface area contributed by atoms with Crippen LogP contribution in [0, 0.1) is 6.92 Å². The number of carbonyl (C=O) groups is 2. The lowest BCUT2D eigenvalue weighted by Gasteiger charge is -2.18. The lowest BCUT2D eigenvalue weighted by Crippen LogP contribution is -2.27. The molecule has 20 heavy (non-hydrogen) atoms. The Labute approximate surface area is 116 Å². The van der Waals surface area contributed by atoms with Crippen LogP contribution in [0.2, 0.25) is 0 Å². The number of esters is 1. The van der Waals surface area contributed by atoms with Crippen LogP contribution in [0.3, 0.4) is 0 Å². The normalized spacial score (nSPS) is 12.1. The summed E-state index contributed by atoms with van der Waals surface area (Å²) < 4.78 is 10.4. The minimum atomic E-state index is -0.982. The second kappa shape index (κ2) is 6.23. The van der Waals surface area contributed by atoms with Gasteiger partial charge in [-0.1, -0.05) is 6.07 Å². The van der Waals surface area contributed by atoms with E-state index in [9.17, 15) is 14.8 Å². The number of pyridine rings is 1. The maximum absolute atomic E-state index is 11.4. The van der Waals surface area contributed by atoms with Crippen LogP contribution in [0.5, 0.6) is 0 Å². The number of aromatic nitrogens is 1. The van der Waals surface area contributed by atoms with Gasteiger partial charge in [-0.2, -0.15) is 9.72 Å². The van der Waals surface area contributed by atoms with Crippen LogP contribution in [-0.2, 0) is 14.3 Å². The average molecular weight is 282 g/mol. The Morgan fingerprint density at radius 2 is 2.00 bits per heavy atom. The third-order valence-electron chi connectivity index (χ3n) is 2.07. The highest BCUT2D eigenvalue weighted by Gasteiger charge is 2.17. The zero-order valence-electron chi connectivity index (χ0n) is 11.9. The van der Waals surface area contributed by atoms with E-state index >= 15 is 0 Å². The molecule has 1 amide bonds. The highest BCUT2D eigenvalue weighted by atomic mass is 16.6. The average Bonchev–Trinajstić information content (AvgIpc) is 2.30. The van der Waals surface area contributed by atoms with Crippen molar-refractivity contribution in [3.8, 4) is 0 Å². The summed E-state index contributed by atoms with van der Waals surface area (Å²) in [5, 5.41) is 9.60. The molecule has 0 aliphatic rings. The first-order valence-corrected chi connectivity index (χ1v) is 6.00. The van der Waals surface area contributed by atoms with Crippen molar-refractivity contribution in [2.24, 2.45) is 4.99 Å². The van der Waals surface area contributed by atoms with Crippen molar-refractivity contribution < 1.29 is 24.3 Å². The summed E-state index contributed by atoms with van der Waals surface area (Å²) in [6, 6.07) is 4.70. The fourth-order valence-corrected chi connectivity index (χ4v) is 1.30. The summed E-state index contributed by atoms with van der Waals surface area (Å²) in [6.07, 6.45) is -0.982. The second-order valence-electron chi connectivity index (χ2n) is 5.09. The smallest absolute Gasteiger partial charge is 0.436 e. The van der Waals surface area contributed by atoms with E-state index in [1.54, 1.807) is 39.8 Å². The molecule has 0 atom stereocenters. The first-order valence-electron chi connectivity index (χ1n) is 6.00. The van der Waals surface area contributed by atoms with Gasteiger partial charge in [0, 0.05) is 0 Å². The van der Waals surface area contributed by atoms with E-state index in [0.29, 0.717) is 5.69 Å². The number of nitrogens with zero attached hydrogens (tertiary/aromatic N) is 2. The highest BCUT2D eigenvalue weighted by Crippen LogP contribution is 2.06. The van der Waals surface area contributed by atoms with E-state index in [4.69, 9.17) is 4.74 Å². The van der Waals surface area contributed by atoms with E-state index in [1.165, 1.54) is 6.07 Å². The Balaban J connectivity index is 2.65. The number of rotatable bonds is 2. The molecule has 0 radical (unpaired) electrons. The Morgan fingerprint density at radius 1 is 1.35 bits per heavy atom. The van der Waals surface area contributed by atoms with Gasteiger partial charge in [0.2, 0.25) is 0 Å². The van der Waals surface area contributed by atoms with Crippen LogP contribution in [0.4, 0.5) is 4.79 Å². The molecule has 7 nitrogen and oxygen atoms in total. The molecule has 0 saturated heterocycles. The molecule has 0 aliphatic heterocycles. The Hall–Kier alpha value is -2.31. The van der Waals surface area contributed by atoms with Crippen LogP contribution >= 0.6 is 0 Å². The predicted octanol–water partition coefficient (Wildman–Crippen LogP) is 1.41. The van der Waals surface area contributed by atoms with E-state index in [1.807, 2.05) is 0 Å². The van der Waals surface area contributed by atoms with Gasteiger partial charge in [-0.25, -0.2) is 9.59 Å². The van der Waals surface area contributed by atoms with Gasteiger partial charge in [-0.3, -0.25) is 0 Å². The Bertz CT molecular complexity index is 569. The standard InChI is InChI=1S/C13H18N2O5/c1-9-6-5-7-10(15(9)18)14-12(17)19-8-11(16)20-13(2,3)4/h5-7,18H,8H2,1-4H3. The molecule has 1 N–H and O–H groups in total. The molecule has 0 aromatic carbocycles. The number of amides is 1. The van der Waals surface area contributed by atoms with Crippen LogP contribution in [-0.4, -0.2) is 34.2 Å².